The first-order valence-electron chi connectivity index (χ1n) is 8.32. The van der Waals surface area contributed by atoms with Crippen LogP contribution in [-0.4, -0.2) is 40.6 Å². The van der Waals surface area contributed by atoms with Crippen molar-refractivity contribution in [2.75, 3.05) is 11.1 Å². The van der Waals surface area contributed by atoms with E-state index in [1.165, 1.54) is 23.1 Å². The number of alkyl halides is 2. The maximum Gasteiger partial charge on any atom is 0.341 e. The fourth-order valence-electron chi connectivity index (χ4n) is 2.43. The van der Waals surface area contributed by atoms with Crippen LogP contribution in [0.3, 0.4) is 0 Å². The van der Waals surface area contributed by atoms with E-state index >= 15 is 0 Å². The summed E-state index contributed by atoms with van der Waals surface area (Å²) < 4.78 is 51.0. The van der Waals surface area contributed by atoms with Gasteiger partial charge in [-0.15, -0.1) is 21.5 Å². The molecule has 0 spiro atoms. The Bertz CT molecular complexity index is 1070. The number of carbonyl (C=O) groups excluding carboxylic acids is 1. The molecule has 0 aliphatic carbocycles. The second kappa shape index (κ2) is 9.46. The minimum Gasteiger partial charge on any atom is -0.324 e. The summed E-state index contributed by atoms with van der Waals surface area (Å²) in [7, 11) is -4.83. The Labute approximate surface area is 174 Å². The van der Waals surface area contributed by atoms with E-state index in [0.717, 1.165) is 24.2 Å². The summed E-state index contributed by atoms with van der Waals surface area (Å²) >= 11 is 2.77. The molecule has 0 bridgehead atoms. The number of para-hydroxylation sites is 1. The zero-order chi connectivity index (χ0) is 20.9. The number of sulfone groups is 1. The number of aryl methyl sites for hydroxylation is 2. The summed E-state index contributed by atoms with van der Waals surface area (Å²) in [5.41, 5.74) is -0.183. The lowest BCUT2D eigenvalue weighted by Crippen LogP contribution is -2.19. The fourth-order valence-corrected chi connectivity index (χ4v) is 4.75. The number of aromatic nitrogens is 3. The molecular formula is C17H16F2N4O3S3. The number of nitrogens with one attached hydrogen (secondary N) is 1. The standard InChI is InChI=1S/C17H16F2N4O3S3/c18-16(19)29(25,26)14-6-2-1-5-13(14)21-15(24)10-28-17-22-20-11-23(17)8-7-12-4-3-9-27-12/h1-6,9,11,16H,7-8,10H2,(H,21,24). The van der Waals surface area contributed by atoms with Crippen LogP contribution >= 0.6 is 23.1 Å². The lowest BCUT2D eigenvalue weighted by Gasteiger charge is -2.11. The molecule has 2 aromatic heterocycles. The molecule has 0 saturated heterocycles. The minimum absolute atomic E-state index is 0.0826. The summed E-state index contributed by atoms with van der Waals surface area (Å²) in [4.78, 5) is 12.8. The van der Waals surface area contributed by atoms with Gasteiger partial charge in [0, 0.05) is 11.4 Å². The molecule has 2 heterocycles. The topological polar surface area (TPSA) is 93.9 Å². The summed E-state index contributed by atoms with van der Waals surface area (Å²) in [6, 6.07) is 9.06. The van der Waals surface area contributed by atoms with E-state index < -0.39 is 26.4 Å². The Hall–Kier alpha value is -2.31. The van der Waals surface area contributed by atoms with Crippen molar-refractivity contribution in [3.63, 3.8) is 0 Å². The molecular weight excluding hydrogens is 442 g/mol. The van der Waals surface area contributed by atoms with Crippen molar-refractivity contribution in [2.24, 2.45) is 0 Å². The Kier molecular flexibility index (Phi) is 6.98. The predicted octanol–water partition coefficient (Wildman–Crippen LogP) is 3.31. The first-order valence-corrected chi connectivity index (χ1v) is 11.7. The summed E-state index contributed by atoms with van der Waals surface area (Å²) in [6.45, 7) is 0.646. The van der Waals surface area contributed by atoms with E-state index in [0.29, 0.717) is 11.7 Å². The first-order chi connectivity index (χ1) is 13.9. The zero-order valence-corrected chi connectivity index (χ0v) is 17.3. The van der Waals surface area contributed by atoms with E-state index in [1.54, 1.807) is 17.7 Å². The molecule has 0 unspecified atom stereocenters. The quantitative estimate of drug-likeness (QED) is 0.495. The number of hydrogen-bond donors (Lipinski definition) is 1. The number of halogens is 2. The first kappa shape index (κ1) is 21.4. The van der Waals surface area contributed by atoms with Crippen molar-refractivity contribution >= 4 is 44.5 Å². The van der Waals surface area contributed by atoms with Gasteiger partial charge in [-0.25, -0.2) is 8.42 Å². The van der Waals surface area contributed by atoms with Crippen molar-refractivity contribution in [2.45, 2.75) is 28.8 Å². The SMILES string of the molecule is O=C(CSc1nncn1CCc1cccs1)Nc1ccccc1S(=O)(=O)C(F)F. The number of hydrogen-bond acceptors (Lipinski definition) is 7. The number of thioether (sulfide) groups is 1. The number of anilines is 1. The maximum absolute atomic E-state index is 12.8. The van der Waals surface area contributed by atoms with Crippen LogP contribution in [0.4, 0.5) is 14.5 Å². The number of carbonyl (C=O) groups is 1. The van der Waals surface area contributed by atoms with Crippen LogP contribution in [0.25, 0.3) is 0 Å². The van der Waals surface area contributed by atoms with Gasteiger partial charge in [0.1, 0.15) is 6.33 Å². The van der Waals surface area contributed by atoms with Gasteiger partial charge in [-0.3, -0.25) is 4.79 Å². The van der Waals surface area contributed by atoms with Crippen LogP contribution in [0, 0.1) is 0 Å². The predicted molar refractivity (Wildman–Crippen MR) is 107 cm³/mol. The number of amides is 1. The molecule has 0 aliphatic heterocycles. The van der Waals surface area contributed by atoms with Crippen LogP contribution in [0.15, 0.2) is 58.2 Å². The molecule has 0 saturated carbocycles. The van der Waals surface area contributed by atoms with Gasteiger partial charge in [-0.2, -0.15) is 8.78 Å². The van der Waals surface area contributed by atoms with E-state index in [9.17, 15) is 22.0 Å². The third-order valence-electron chi connectivity index (χ3n) is 3.79. The van der Waals surface area contributed by atoms with Crippen LogP contribution in [0.1, 0.15) is 4.88 Å². The second-order valence-electron chi connectivity index (χ2n) is 5.77. The lowest BCUT2D eigenvalue weighted by atomic mass is 10.3. The van der Waals surface area contributed by atoms with Gasteiger partial charge < -0.3 is 9.88 Å². The number of thiophene rings is 1. The Morgan fingerprint density at radius 1 is 1.24 bits per heavy atom. The molecule has 1 aromatic carbocycles. The van der Waals surface area contributed by atoms with Crippen LogP contribution < -0.4 is 5.32 Å². The summed E-state index contributed by atoms with van der Waals surface area (Å²) in [5, 5.41) is 12.7. The summed E-state index contributed by atoms with van der Waals surface area (Å²) in [6.07, 6.45) is 2.37. The normalized spacial score (nSPS) is 11.7. The molecule has 154 valence electrons. The highest BCUT2D eigenvalue weighted by molar-refractivity contribution is 7.99. The highest BCUT2D eigenvalue weighted by Gasteiger charge is 2.29. The van der Waals surface area contributed by atoms with Crippen LogP contribution in [0.2, 0.25) is 0 Å². The molecule has 0 radical (unpaired) electrons. The van der Waals surface area contributed by atoms with Crippen molar-refractivity contribution in [1.29, 1.82) is 0 Å². The molecule has 0 fully saturated rings. The van der Waals surface area contributed by atoms with Crippen molar-refractivity contribution < 1.29 is 22.0 Å². The Morgan fingerprint density at radius 3 is 2.76 bits per heavy atom. The fraction of sp³-hybridized carbons (Fsp3) is 0.235. The van der Waals surface area contributed by atoms with E-state index in [-0.39, 0.29) is 11.4 Å². The molecule has 3 rings (SSSR count). The maximum atomic E-state index is 12.8. The third kappa shape index (κ3) is 5.40. The molecule has 12 heteroatoms. The Morgan fingerprint density at radius 2 is 2.03 bits per heavy atom. The van der Waals surface area contributed by atoms with Gasteiger partial charge in [-0.1, -0.05) is 30.0 Å². The number of benzene rings is 1. The third-order valence-corrected chi connectivity index (χ3v) is 7.15. The van der Waals surface area contributed by atoms with Gasteiger partial charge in [0.15, 0.2) is 5.16 Å². The van der Waals surface area contributed by atoms with Crippen LogP contribution in [0.5, 0.6) is 0 Å². The molecule has 0 aliphatic rings. The average molecular weight is 459 g/mol. The van der Waals surface area contributed by atoms with Crippen molar-refractivity contribution in [3.05, 3.63) is 53.0 Å². The second-order valence-corrected chi connectivity index (χ2v) is 9.64. The molecule has 7 nitrogen and oxygen atoms in total. The van der Waals surface area contributed by atoms with Gasteiger partial charge in [-0.05, 0) is 30.0 Å². The number of nitrogens with zero attached hydrogens (tertiary/aromatic N) is 3. The highest BCUT2D eigenvalue weighted by atomic mass is 32.2. The van der Waals surface area contributed by atoms with E-state index in [4.69, 9.17) is 0 Å². The monoisotopic (exact) mass is 458 g/mol. The largest absolute Gasteiger partial charge is 0.341 e. The van der Waals surface area contributed by atoms with E-state index in [2.05, 4.69) is 15.5 Å². The highest BCUT2D eigenvalue weighted by Crippen LogP contribution is 2.26. The molecule has 0 atom stereocenters. The summed E-state index contributed by atoms with van der Waals surface area (Å²) in [5.74, 6) is -4.20. The van der Waals surface area contributed by atoms with Crippen molar-refractivity contribution in [1.82, 2.24) is 14.8 Å². The smallest absolute Gasteiger partial charge is 0.324 e. The zero-order valence-electron chi connectivity index (χ0n) is 14.9. The van der Waals surface area contributed by atoms with E-state index in [1.807, 2.05) is 22.1 Å². The van der Waals surface area contributed by atoms with Crippen LogP contribution in [-0.2, 0) is 27.6 Å². The van der Waals surface area contributed by atoms with Crippen molar-refractivity contribution in [3.8, 4) is 0 Å². The number of rotatable bonds is 9. The lowest BCUT2D eigenvalue weighted by molar-refractivity contribution is -0.113. The van der Waals surface area contributed by atoms with Gasteiger partial charge in [0.05, 0.1) is 16.3 Å². The van der Waals surface area contributed by atoms with Gasteiger partial charge >= 0.3 is 5.76 Å². The molecule has 1 N–H and O–H groups in total. The average Bonchev–Trinajstić information content (AvgIpc) is 3.36. The van der Waals surface area contributed by atoms with Gasteiger partial charge in [0.25, 0.3) is 0 Å². The Balaban J connectivity index is 1.61. The molecule has 3 aromatic rings. The minimum atomic E-state index is -4.83. The molecule has 29 heavy (non-hydrogen) atoms. The van der Waals surface area contributed by atoms with Gasteiger partial charge in [0.2, 0.25) is 15.7 Å². The molecule has 1 amide bonds.